The summed E-state index contributed by atoms with van der Waals surface area (Å²) < 4.78 is 23.1. The number of carbonyl (C=O) groups excluding carboxylic acids is 1. The number of nitrogens with one attached hydrogen (secondary N) is 1. The van der Waals surface area contributed by atoms with Gasteiger partial charge in [0.15, 0.2) is 5.79 Å². The normalized spacial score (nSPS) is 34.0. The molecule has 1 aromatic rings. The smallest absolute Gasteiger partial charge is 0.223 e. The van der Waals surface area contributed by atoms with Gasteiger partial charge in [0.2, 0.25) is 12.2 Å². The fourth-order valence-corrected chi connectivity index (χ4v) is 3.18. The Morgan fingerprint density at radius 1 is 1.40 bits per heavy atom. The lowest BCUT2D eigenvalue weighted by atomic mass is 9.95. The average molecular weight is 372 g/mol. The first-order chi connectivity index (χ1) is 11.8. The van der Waals surface area contributed by atoms with Crippen LogP contribution in [0.25, 0.3) is 0 Å². The fraction of sp³-hybridized carbons (Fsp3) is 0.588. The first-order valence-electron chi connectivity index (χ1n) is 8.10. The van der Waals surface area contributed by atoms with Crippen LogP contribution in [0.2, 0.25) is 5.02 Å². The van der Waals surface area contributed by atoms with Gasteiger partial charge in [-0.15, -0.1) is 0 Å². The van der Waals surface area contributed by atoms with E-state index in [0.717, 1.165) is 0 Å². The Kier molecular flexibility index (Phi) is 5.22. The zero-order chi connectivity index (χ0) is 18.2. The highest BCUT2D eigenvalue weighted by Crippen LogP contribution is 2.34. The number of halogens is 1. The van der Waals surface area contributed by atoms with E-state index in [9.17, 15) is 9.90 Å². The Hall–Kier alpha value is -1.38. The van der Waals surface area contributed by atoms with Crippen molar-refractivity contribution >= 4 is 17.5 Å². The maximum atomic E-state index is 11.6. The van der Waals surface area contributed by atoms with E-state index < -0.39 is 36.4 Å². The van der Waals surface area contributed by atoms with Crippen molar-refractivity contribution in [1.82, 2.24) is 5.32 Å². The predicted octanol–water partition coefficient (Wildman–Crippen LogP) is 1.46. The van der Waals surface area contributed by atoms with Gasteiger partial charge < -0.3 is 29.4 Å². The molecule has 3 rings (SSSR count). The van der Waals surface area contributed by atoms with E-state index >= 15 is 0 Å². The number of para-hydroxylation sites is 1. The molecule has 2 N–H and O–H groups in total. The van der Waals surface area contributed by atoms with Crippen molar-refractivity contribution in [2.75, 3.05) is 6.61 Å². The monoisotopic (exact) mass is 371 g/mol. The maximum Gasteiger partial charge on any atom is 0.223 e. The van der Waals surface area contributed by atoms with E-state index in [1.807, 2.05) is 0 Å². The Morgan fingerprint density at radius 2 is 2.12 bits per heavy atom. The van der Waals surface area contributed by atoms with Crippen LogP contribution >= 0.6 is 11.6 Å². The minimum atomic E-state index is -1.03. The van der Waals surface area contributed by atoms with Gasteiger partial charge in [-0.05, 0) is 26.0 Å². The fourth-order valence-electron chi connectivity index (χ4n) is 3.00. The van der Waals surface area contributed by atoms with E-state index in [4.69, 9.17) is 30.5 Å². The van der Waals surface area contributed by atoms with Gasteiger partial charge in [-0.3, -0.25) is 4.79 Å². The van der Waals surface area contributed by atoms with Gasteiger partial charge in [0.05, 0.1) is 11.6 Å². The third kappa shape index (κ3) is 4.07. The molecule has 2 aliphatic heterocycles. The van der Waals surface area contributed by atoms with Crippen molar-refractivity contribution in [3.05, 3.63) is 29.3 Å². The van der Waals surface area contributed by atoms with Crippen molar-refractivity contribution in [3.8, 4) is 5.75 Å². The summed E-state index contributed by atoms with van der Waals surface area (Å²) in [4.78, 5) is 11.6. The van der Waals surface area contributed by atoms with Crippen LogP contribution in [0.15, 0.2) is 24.3 Å². The molecule has 5 atom stereocenters. The quantitative estimate of drug-likeness (QED) is 0.836. The maximum absolute atomic E-state index is 11.6. The third-order valence-electron chi connectivity index (χ3n) is 4.14. The first kappa shape index (κ1) is 18.4. The summed E-state index contributed by atoms with van der Waals surface area (Å²) in [5.74, 6) is -0.763. The zero-order valence-corrected chi connectivity index (χ0v) is 15.0. The van der Waals surface area contributed by atoms with Crippen LogP contribution in [0.1, 0.15) is 20.8 Å². The van der Waals surface area contributed by atoms with Gasteiger partial charge >= 0.3 is 0 Å². The Balaban J connectivity index is 1.83. The largest absolute Gasteiger partial charge is 0.461 e. The second-order valence-corrected chi connectivity index (χ2v) is 7.01. The molecule has 138 valence electrons. The summed E-state index contributed by atoms with van der Waals surface area (Å²) in [6.45, 7) is 5.12. The number of amides is 1. The molecule has 1 amide bonds. The molecular weight excluding hydrogens is 350 g/mol. The van der Waals surface area contributed by atoms with Gasteiger partial charge in [0.1, 0.15) is 30.1 Å². The molecule has 0 unspecified atom stereocenters. The summed E-state index contributed by atoms with van der Waals surface area (Å²) in [7, 11) is 0. The minimum absolute atomic E-state index is 0.240. The van der Waals surface area contributed by atoms with Crippen molar-refractivity contribution < 1.29 is 28.8 Å². The van der Waals surface area contributed by atoms with E-state index in [2.05, 4.69) is 5.32 Å². The molecule has 2 aliphatic rings. The molecule has 0 aromatic heterocycles. The molecule has 0 saturated carbocycles. The Labute approximate surface area is 151 Å². The molecule has 0 bridgehead atoms. The van der Waals surface area contributed by atoms with Crippen LogP contribution in [0.3, 0.4) is 0 Å². The Bertz CT molecular complexity index is 639. The molecule has 2 heterocycles. The number of aliphatic hydroxyl groups is 1. The highest BCUT2D eigenvalue weighted by atomic mass is 35.5. The summed E-state index contributed by atoms with van der Waals surface area (Å²) in [6.07, 6.45) is -3.14. The molecule has 1 aromatic carbocycles. The number of ether oxygens (including phenoxy) is 4. The highest BCUT2D eigenvalue weighted by Gasteiger charge is 2.52. The minimum Gasteiger partial charge on any atom is -0.461 e. The van der Waals surface area contributed by atoms with Crippen molar-refractivity contribution in [3.63, 3.8) is 0 Å². The summed E-state index contributed by atoms with van der Waals surface area (Å²) in [5.41, 5.74) is 0. The lowest BCUT2D eigenvalue weighted by Gasteiger charge is -2.49. The molecule has 2 fully saturated rings. The molecule has 0 spiro atoms. The van der Waals surface area contributed by atoms with Crippen LogP contribution in [0.4, 0.5) is 0 Å². The first-order valence-corrected chi connectivity index (χ1v) is 8.48. The molecule has 0 radical (unpaired) electrons. The van der Waals surface area contributed by atoms with E-state index in [-0.39, 0.29) is 12.5 Å². The molecule has 2 saturated heterocycles. The van der Waals surface area contributed by atoms with Gasteiger partial charge in [-0.25, -0.2) is 0 Å². The van der Waals surface area contributed by atoms with Crippen molar-refractivity contribution in [2.45, 2.75) is 57.2 Å². The van der Waals surface area contributed by atoms with Gasteiger partial charge in [-0.2, -0.15) is 0 Å². The number of benzene rings is 1. The topological polar surface area (TPSA) is 86.3 Å². The predicted molar refractivity (Wildman–Crippen MR) is 89.3 cm³/mol. The number of hydrogen-bond donors (Lipinski definition) is 2. The standard InChI is InChI=1S/C17H22ClNO6/c1-9(20)19-13-14(21)15-12(8-22-17(2,3)25-15)24-16(13)23-11-7-5-4-6-10(11)18/h4-7,12-16,21H,8H2,1-3H3,(H,19,20)/t12-,13+,14+,15+,16-/m1/s1. The SMILES string of the molecule is CC(=O)N[C@@H]1[C@H](Oc2ccccc2Cl)O[C@@H]2COC(C)(C)O[C@@H]2[C@H]1O. The molecular formula is C17H22ClNO6. The molecule has 0 aliphatic carbocycles. The van der Waals surface area contributed by atoms with Gasteiger partial charge in [0, 0.05) is 6.92 Å². The second kappa shape index (κ2) is 7.09. The summed E-state index contributed by atoms with van der Waals surface area (Å²) in [6, 6.07) is 6.10. The molecule has 25 heavy (non-hydrogen) atoms. The molecule has 8 heteroatoms. The van der Waals surface area contributed by atoms with Crippen LogP contribution in [-0.2, 0) is 19.0 Å². The van der Waals surface area contributed by atoms with Gasteiger partial charge in [-0.1, -0.05) is 23.7 Å². The second-order valence-electron chi connectivity index (χ2n) is 6.60. The lowest BCUT2D eigenvalue weighted by Crippen LogP contribution is -2.69. The number of aliphatic hydroxyl groups excluding tert-OH is 1. The van der Waals surface area contributed by atoms with Crippen molar-refractivity contribution in [1.29, 1.82) is 0 Å². The average Bonchev–Trinajstić information content (AvgIpc) is 2.53. The van der Waals surface area contributed by atoms with Crippen LogP contribution in [0, 0.1) is 0 Å². The van der Waals surface area contributed by atoms with Gasteiger partial charge in [0.25, 0.3) is 0 Å². The third-order valence-corrected chi connectivity index (χ3v) is 4.45. The molecule has 7 nitrogen and oxygen atoms in total. The van der Waals surface area contributed by atoms with E-state index in [1.54, 1.807) is 38.1 Å². The number of carbonyl (C=O) groups is 1. The van der Waals surface area contributed by atoms with Crippen LogP contribution < -0.4 is 10.1 Å². The Morgan fingerprint density at radius 3 is 2.80 bits per heavy atom. The highest BCUT2D eigenvalue weighted by molar-refractivity contribution is 6.32. The lowest BCUT2D eigenvalue weighted by molar-refractivity contribution is -0.361. The van der Waals surface area contributed by atoms with Crippen LogP contribution in [0.5, 0.6) is 5.75 Å². The zero-order valence-electron chi connectivity index (χ0n) is 14.3. The number of rotatable bonds is 3. The van der Waals surface area contributed by atoms with E-state index in [1.165, 1.54) is 6.92 Å². The van der Waals surface area contributed by atoms with Crippen molar-refractivity contribution in [2.24, 2.45) is 0 Å². The number of fused-ring (bicyclic) bond motifs is 1. The van der Waals surface area contributed by atoms with Crippen LogP contribution in [-0.4, -0.2) is 54.1 Å². The summed E-state index contributed by atoms with van der Waals surface area (Å²) >= 11 is 6.13. The van der Waals surface area contributed by atoms with E-state index in [0.29, 0.717) is 10.8 Å². The number of hydrogen-bond acceptors (Lipinski definition) is 6. The summed E-state index contributed by atoms with van der Waals surface area (Å²) in [5, 5.41) is 13.9.